The molecule has 0 amide bonds. The van der Waals surface area contributed by atoms with Gasteiger partial charge in [0.25, 0.3) is 0 Å². The van der Waals surface area contributed by atoms with E-state index in [9.17, 15) is 4.39 Å². The second kappa shape index (κ2) is 4.78. The highest BCUT2D eigenvalue weighted by atomic mass is 19.1. The maximum atomic E-state index is 13.5. The van der Waals surface area contributed by atoms with E-state index in [0.717, 1.165) is 30.7 Å². The van der Waals surface area contributed by atoms with Gasteiger partial charge in [0.05, 0.1) is 0 Å². The van der Waals surface area contributed by atoms with E-state index in [1.54, 1.807) is 12.1 Å². The number of nitrogens with one attached hydrogen (secondary N) is 1. The minimum atomic E-state index is -0.180. The van der Waals surface area contributed by atoms with Crippen molar-refractivity contribution in [2.75, 3.05) is 6.54 Å². The number of halogens is 1. The number of fused-ring (bicyclic) bond motifs is 1. The molecular weight excluding hydrogens is 241 g/mol. The molecule has 1 aromatic rings. The number of hydrogen-bond donors (Lipinski definition) is 1. The smallest absolute Gasteiger partial charge is 0.125 e. The Morgan fingerprint density at radius 1 is 1.37 bits per heavy atom. The standard InChI is InChI=1S/C16H22FNO/c1-3-16(11-5-6-11)10-14(18-4-2)13-9-12(17)7-8-15(13)19-16/h7-9,11,14,18H,3-6,10H2,1-2H3. The summed E-state index contributed by atoms with van der Waals surface area (Å²) in [5.41, 5.74) is 0.934. The minimum Gasteiger partial charge on any atom is -0.487 e. The molecule has 3 rings (SSSR count). The van der Waals surface area contributed by atoms with Gasteiger partial charge in [-0.1, -0.05) is 13.8 Å². The first-order valence-corrected chi connectivity index (χ1v) is 7.40. The van der Waals surface area contributed by atoms with Gasteiger partial charge in [-0.15, -0.1) is 0 Å². The molecule has 1 heterocycles. The molecule has 2 atom stereocenters. The predicted octanol–water partition coefficient (Wildman–Crippen LogP) is 3.82. The summed E-state index contributed by atoms with van der Waals surface area (Å²) < 4.78 is 19.8. The van der Waals surface area contributed by atoms with Crippen LogP contribution in [0.4, 0.5) is 4.39 Å². The van der Waals surface area contributed by atoms with E-state index in [4.69, 9.17) is 4.74 Å². The molecule has 2 nitrogen and oxygen atoms in total. The lowest BCUT2D eigenvalue weighted by Gasteiger charge is -2.42. The molecule has 1 fully saturated rings. The van der Waals surface area contributed by atoms with Gasteiger partial charge >= 0.3 is 0 Å². The average molecular weight is 263 g/mol. The van der Waals surface area contributed by atoms with Crippen molar-refractivity contribution in [2.24, 2.45) is 5.92 Å². The summed E-state index contributed by atoms with van der Waals surface area (Å²) in [5, 5.41) is 3.49. The van der Waals surface area contributed by atoms with Gasteiger partial charge in [0, 0.05) is 18.0 Å². The van der Waals surface area contributed by atoms with Crippen molar-refractivity contribution in [1.82, 2.24) is 5.32 Å². The first-order chi connectivity index (χ1) is 9.18. The summed E-state index contributed by atoms with van der Waals surface area (Å²) in [4.78, 5) is 0. The fourth-order valence-electron chi connectivity index (χ4n) is 3.39. The Kier molecular flexibility index (Phi) is 3.25. The lowest BCUT2D eigenvalue weighted by atomic mass is 9.82. The van der Waals surface area contributed by atoms with Crippen molar-refractivity contribution in [3.63, 3.8) is 0 Å². The molecule has 1 aliphatic heterocycles. The van der Waals surface area contributed by atoms with Gasteiger partial charge in [0.1, 0.15) is 17.2 Å². The van der Waals surface area contributed by atoms with Crippen LogP contribution in [0.25, 0.3) is 0 Å². The zero-order chi connectivity index (χ0) is 13.5. The van der Waals surface area contributed by atoms with Crippen LogP contribution in [-0.2, 0) is 0 Å². The van der Waals surface area contributed by atoms with Crippen molar-refractivity contribution in [3.8, 4) is 5.75 Å². The molecule has 0 aromatic heterocycles. The van der Waals surface area contributed by atoms with E-state index in [-0.39, 0.29) is 17.5 Å². The Morgan fingerprint density at radius 2 is 2.16 bits per heavy atom. The molecule has 3 heteroatoms. The third-order valence-electron chi connectivity index (χ3n) is 4.58. The molecule has 1 aromatic carbocycles. The van der Waals surface area contributed by atoms with E-state index in [1.165, 1.54) is 18.9 Å². The zero-order valence-electron chi connectivity index (χ0n) is 11.7. The normalized spacial score (nSPS) is 29.7. The molecule has 0 bridgehead atoms. The lowest BCUT2D eigenvalue weighted by Crippen LogP contribution is -2.45. The Balaban J connectivity index is 1.98. The van der Waals surface area contributed by atoms with Crippen LogP contribution in [0.3, 0.4) is 0 Å². The summed E-state index contributed by atoms with van der Waals surface area (Å²) in [6.45, 7) is 5.19. The van der Waals surface area contributed by atoms with Crippen molar-refractivity contribution >= 4 is 0 Å². The number of ether oxygens (including phenoxy) is 1. The third-order valence-corrected chi connectivity index (χ3v) is 4.58. The van der Waals surface area contributed by atoms with Gasteiger partial charge in [-0.05, 0) is 49.9 Å². The molecule has 1 aliphatic carbocycles. The average Bonchev–Trinajstić information content (AvgIpc) is 3.24. The summed E-state index contributed by atoms with van der Waals surface area (Å²) in [6, 6.07) is 5.13. The van der Waals surface area contributed by atoms with Crippen molar-refractivity contribution in [1.29, 1.82) is 0 Å². The highest BCUT2D eigenvalue weighted by Gasteiger charge is 2.50. The Labute approximate surface area is 114 Å². The molecule has 19 heavy (non-hydrogen) atoms. The quantitative estimate of drug-likeness (QED) is 0.891. The molecule has 0 spiro atoms. The van der Waals surface area contributed by atoms with E-state index >= 15 is 0 Å². The van der Waals surface area contributed by atoms with Crippen LogP contribution in [-0.4, -0.2) is 12.1 Å². The molecule has 2 aliphatic rings. The van der Waals surface area contributed by atoms with Crippen molar-refractivity contribution in [3.05, 3.63) is 29.6 Å². The molecule has 0 saturated heterocycles. The fourth-order valence-corrected chi connectivity index (χ4v) is 3.39. The molecule has 2 unspecified atom stereocenters. The van der Waals surface area contributed by atoms with E-state index in [1.807, 2.05) is 0 Å². The first-order valence-electron chi connectivity index (χ1n) is 7.40. The van der Waals surface area contributed by atoms with Crippen LogP contribution in [0.5, 0.6) is 5.75 Å². The molecule has 1 N–H and O–H groups in total. The topological polar surface area (TPSA) is 21.3 Å². The fraction of sp³-hybridized carbons (Fsp3) is 0.625. The molecule has 0 radical (unpaired) electrons. The second-order valence-corrected chi connectivity index (χ2v) is 5.79. The van der Waals surface area contributed by atoms with Gasteiger partial charge in [0.15, 0.2) is 0 Å². The van der Waals surface area contributed by atoms with Crippen LogP contribution in [0.15, 0.2) is 18.2 Å². The van der Waals surface area contributed by atoms with Crippen LogP contribution in [0, 0.1) is 11.7 Å². The van der Waals surface area contributed by atoms with Gasteiger partial charge < -0.3 is 10.1 Å². The minimum absolute atomic E-state index is 0.0440. The zero-order valence-corrected chi connectivity index (χ0v) is 11.7. The van der Waals surface area contributed by atoms with Crippen molar-refractivity contribution in [2.45, 2.75) is 51.2 Å². The predicted molar refractivity (Wildman–Crippen MR) is 73.8 cm³/mol. The molecular formula is C16H22FNO. The Bertz CT molecular complexity index is 472. The van der Waals surface area contributed by atoms with E-state index in [2.05, 4.69) is 19.2 Å². The Morgan fingerprint density at radius 3 is 2.79 bits per heavy atom. The highest BCUT2D eigenvalue weighted by molar-refractivity contribution is 5.40. The number of rotatable bonds is 4. The summed E-state index contributed by atoms with van der Waals surface area (Å²) in [5.74, 6) is 1.37. The van der Waals surface area contributed by atoms with Gasteiger partial charge in [-0.3, -0.25) is 0 Å². The SMILES string of the molecule is CCNC1CC(CC)(C2CC2)Oc2ccc(F)cc21. The summed E-state index contributed by atoms with van der Waals surface area (Å²) >= 11 is 0. The third kappa shape index (κ3) is 2.25. The largest absolute Gasteiger partial charge is 0.487 e. The monoisotopic (exact) mass is 263 g/mol. The van der Waals surface area contributed by atoms with Gasteiger partial charge in [0.2, 0.25) is 0 Å². The molecule has 1 saturated carbocycles. The van der Waals surface area contributed by atoms with Crippen LogP contribution < -0.4 is 10.1 Å². The second-order valence-electron chi connectivity index (χ2n) is 5.79. The first kappa shape index (κ1) is 12.9. The van der Waals surface area contributed by atoms with Gasteiger partial charge in [-0.25, -0.2) is 4.39 Å². The van der Waals surface area contributed by atoms with Gasteiger partial charge in [-0.2, -0.15) is 0 Å². The highest BCUT2D eigenvalue weighted by Crippen LogP contribution is 2.52. The van der Waals surface area contributed by atoms with E-state index in [0.29, 0.717) is 5.92 Å². The number of benzene rings is 1. The Hall–Kier alpha value is -1.09. The maximum absolute atomic E-state index is 13.5. The van der Waals surface area contributed by atoms with Crippen LogP contribution in [0.2, 0.25) is 0 Å². The number of hydrogen-bond acceptors (Lipinski definition) is 2. The summed E-state index contributed by atoms with van der Waals surface area (Å²) in [6.07, 6.45) is 4.52. The molecule has 104 valence electrons. The maximum Gasteiger partial charge on any atom is 0.125 e. The van der Waals surface area contributed by atoms with Crippen LogP contribution in [0.1, 0.15) is 51.1 Å². The van der Waals surface area contributed by atoms with Crippen LogP contribution >= 0.6 is 0 Å². The summed E-state index contributed by atoms with van der Waals surface area (Å²) in [7, 11) is 0. The lowest BCUT2D eigenvalue weighted by molar-refractivity contribution is 0.00575. The van der Waals surface area contributed by atoms with Crippen molar-refractivity contribution < 1.29 is 9.13 Å². The van der Waals surface area contributed by atoms with E-state index < -0.39 is 0 Å².